The molecule has 78 valence electrons. The number of hydrogen-bond donors (Lipinski definition) is 1. The molecule has 1 aromatic heterocycles. The van der Waals surface area contributed by atoms with Gasteiger partial charge in [0.2, 0.25) is 0 Å². The Bertz CT molecular complexity index is 431. The standard InChI is InChI=1S/C10H9BrN2OS/c11-8-4-7(5-15-8)9(14)13-10(6-12)2-1-3-10/h4-5H,1-3H2,(H,13,14). The van der Waals surface area contributed by atoms with Crippen LogP contribution < -0.4 is 5.32 Å². The van der Waals surface area contributed by atoms with Crippen LogP contribution in [0.15, 0.2) is 15.2 Å². The molecule has 0 saturated heterocycles. The molecule has 1 aliphatic rings. The number of nitrogens with one attached hydrogen (secondary N) is 1. The van der Waals surface area contributed by atoms with Crippen LogP contribution in [0, 0.1) is 11.3 Å². The smallest absolute Gasteiger partial charge is 0.253 e. The van der Waals surface area contributed by atoms with Crippen molar-refractivity contribution in [2.24, 2.45) is 0 Å². The van der Waals surface area contributed by atoms with Gasteiger partial charge < -0.3 is 5.32 Å². The van der Waals surface area contributed by atoms with Crippen molar-refractivity contribution in [2.75, 3.05) is 0 Å². The molecule has 1 saturated carbocycles. The molecule has 0 atom stereocenters. The molecule has 0 bridgehead atoms. The van der Waals surface area contributed by atoms with E-state index in [-0.39, 0.29) is 5.91 Å². The number of carbonyl (C=O) groups excluding carboxylic acids is 1. The Morgan fingerprint density at radius 1 is 1.67 bits per heavy atom. The number of nitriles is 1. The monoisotopic (exact) mass is 284 g/mol. The van der Waals surface area contributed by atoms with Crippen LogP contribution in [0.3, 0.4) is 0 Å². The third kappa shape index (κ3) is 2.06. The lowest BCUT2D eigenvalue weighted by atomic mass is 9.78. The lowest BCUT2D eigenvalue weighted by Crippen LogP contribution is -2.52. The van der Waals surface area contributed by atoms with Crippen molar-refractivity contribution in [1.82, 2.24) is 5.32 Å². The lowest BCUT2D eigenvalue weighted by Gasteiger charge is -2.35. The van der Waals surface area contributed by atoms with Gasteiger partial charge in [-0.3, -0.25) is 4.79 Å². The largest absolute Gasteiger partial charge is 0.334 e. The Morgan fingerprint density at radius 2 is 2.40 bits per heavy atom. The van der Waals surface area contributed by atoms with Crippen molar-refractivity contribution in [3.8, 4) is 6.07 Å². The predicted molar refractivity (Wildman–Crippen MR) is 61.7 cm³/mol. The second-order valence-electron chi connectivity index (χ2n) is 3.64. The van der Waals surface area contributed by atoms with Crippen molar-refractivity contribution >= 4 is 33.2 Å². The molecule has 1 fully saturated rings. The van der Waals surface area contributed by atoms with Gasteiger partial charge in [0.1, 0.15) is 5.54 Å². The first-order valence-electron chi connectivity index (χ1n) is 4.63. The number of halogens is 1. The first-order chi connectivity index (χ1) is 7.15. The number of hydrogen-bond acceptors (Lipinski definition) is 3. The first-order valence-corrected chi connectivity index (χ1v) is 6.30. The summed E-state index contributed by atoms with van der Waals surface area (Å²) in [5, 5.41) is 13.5. The summed E-state index contributed by atoms with van der Waals surface area (Å²) in [4.78, 5) is 11.7. The second kappa shape index (κ2) is 3.95. The molecule has 15 heavy (non-hydrogen) atoms. The van der Waals surface area contributed by atoms with Crippen LogP contribution in [0.2, 0.25) is 0 Å². The van der Waals surface area contributed by atoms with E-state index in [4.69, 9.17) is 5.26 Å². The molecule has 0 aromatic carbocycles. The van der Waals surface area contributed by atoms with Crippen molar-refractivity contribution in [2.45, 2.75) is 24.8 Å². The van der Waals surface area contributed by atoms with Crippen LogP contribution in [0.25, 0.3) is 0 Å². The van der Waals surface area contributed by atoms with E-state index >= 15 is 0 Å². The Labute approximate surface area is 100 Å². The van der Waals surface area contributed by atoms with Gasteiger partial charge in [0.15, 0.2) is 0 Å². The fraction of sp³-hybridized carbons (Fsp3) is 0.400. The Kier molecular flexibility index (Phi) is 2.81. The summed E-state index contributed by atoms with van der Waals surface area (Å²) in [6.07, 6.45) is 2.54. The molecule has 1 amide bonds. The maximum absolute atomic E-state index is 11.7. The quantitative estimate of drug-likeness (QED) is 0.908. The van der Waals surface area contributed by atoms with E-state index in [2.05, 4.69) is 27.3 Å². The number of thiophene rings is 1. The van der Waals surface area contributed by atoms with Gasteiger partial charge in [0.25, 0.3) is 5.91 Å². The summed E-state index contributed by atoms with van der Waals surface area (Å²) < 4.78 is 0.923. The Balaban J connectivity index is 2.07. The van der Waals surface area contributed by atoms with Gasteiger partial charge >= 0.3 is 0 Å². The third-order valence-corrected chi connectivity index (χ3v) is 4.11. The highest BCUT2D eigenvalue weighted by molar-refractivity contribution is 9.11. The summed E-state index contributed by atoms with van der Waals surface area (Å²) in [5.41, 5.74) is 0.0132. The zero-order valence-corrected chi connectivity index (χ0v) is 10.3. The zero-order valence-electron chi connectivity index (χ0n) is 7.92. The molecule has 0 radical (unpaired) electrons. The molecular weight excluding hydrogens is 276 g/mol. The van der Waals surface area contributed by atoms with Gasteiger partial charge in [-0.1, -0.05) is 0 Å². The summed E-state index contributed by atoms with van der Waals surface area (Å²) >= 11 is 4.77. The Hall–Kier alpha value is -0.860. The SMILES string of the molecule is N#CC1(NC(=O)c2csc(Br)c2)CCC1. The third-order valence-electron chi connectivity index (χ3n) is 2.60. The number of carbonyl (C=O) groups is 1. The van der Waals surface area contributed by atoms with E-state index in [1.54, 1.807) is 11.4 Å². The van der Waals surface area contributed by atoms with Crippen LogP contribution in [0.4, 0.5) is 0 Å². The van der Waals surface area contributed by atoms with Gasteiger partial charge in [-0.05, 0) is 41.3 Å². The van der Waals surface area contributed by atoms with Crippen molar-refractivity contribution in [1.29, 1.82) is 5.26 Å². The molecule has 3 nitrogen and oxygen atoms in total. The topological polar surface area (TPSA) is 52.9 Å². The highest BCUT2D eigenvalue weighted by Crippen LogP contribution is 2.31. The molecule has 0 unspecified atom stereocenters. The molecule has 5 heteroatoms. The number of amides is 1. The van der Waals surface area contributed by atoms with Gasteiger partial charge in [-0.25, -0.2) is 0 Å². The van der Waals surface area contributed by atoms with E-state index in [0.29, 0.717) is 5.56 Å². The maximum atomic E-state index is 11.7. The van der Waals surface area contributed by atoms with Crippen LogP contribution in [-0.2, 0) is 0 Å². The van der Waals surface area contributed by atoms with Gasteiger partial charge in [-0.15, -0.1) is 11.3 Å². The fourth-order valence-electron chi connectivity index (χ4n) is 1.51. The maximum Gasteiger partial charge on any atom is 0.253 e. The van der Waals surface area contributed by atoms with Crippen LogP contribution in [0.5, 0.6) is 0 Å². The average Bonchev–Trinajstić information content (AvgIpc) is 2.58. The number of nitrogens with zero attached hydrogens (tertiary/aromatic N) is 1. The second-order valence-corrected chi connectivity index (χ2v) is 5.93. The summed E-state index contributed by atoms with van der Waals surface area (Å²) in [6, 6.07) is 3.95. The summed E-state index contributed by atoms with van der Waals surface area (Å²) in [6.45, 7) is 0. The fourth-order valence-corrected chi connectivity index (χ4v) is 2.65. The van der Waals surface area contributed by atoms with E-state index in [9.17, 15) is 4.79 Å². The van der Waals surface area contributed by atoms with Crippen molar-refractivity contribution in [3.05, 3.63) is 20.8 Å². The van der Waals surface area contributed by atoms with Crippen molar-refractivity contribution < 1.29 is 4.79 Å². The molecule has 0 spiro atoms. The first kappa shape index (κ1) is 10.7. The average molecular weight is 285 g/mol. The minimum Gasteiger partial charge on any atom is -0.334 e. The van der Waals surface area contributed by atoms with E-state index in [1.165, 1.54) is 11.3 Å². The van der Waals surface area contributed by atoms with Crippen molar-refractivity contribution in [3.63, 3.8) is 0 Å². The van der Waals surface area contributed by atoms with Crippen LogP contribution in [-0.4, -0.2) is 11.4 Å². The Morgan fingerprint density at radius 3 is 2.80 bits per heavy atom. The highest BCUT2D eigenvalue weighted by atomic mass is 79.9. The zero-order chi connectivity index (χ0) is 10.9. The van der Waals surface area contributed by atoms with Gasteiger partial charge in [0.05, 0.1) is 15.4 Å². The summed E-state index contributed by atoms with van der Waals surface area (Å²) in [5.74, 6) is -0.154. The number of rotatable bonds is 2. The molecule has 1 heterocycles. The molecule has 1 aliphatic carbocycles. The molecular formula is C10H9BrN2OS. The molecule has 1 aromatic rings. The van der Waals surface area contributed by atoms with Gasteiger partial charge in [-0.2, -0.15) is 5.26 Å². The van der Waals surface area contributed by atoms with Crippen LogP contribution >= 0.6 is 27.3 Å². The molecule has 1 N–H and O–H groups in total. The van der Waals surface area contributed by atoms with E-state index < -0.39 is 5.54 Å². The predicted octanol–water partition coefficient (Wildman–Crippen LogP) is 2.69. The highest BCUT2D eigenvalue weighted by Gasteiger charge is 2.38. The van der Waals surface area contributed by atoms with E-state index in [1.807, 2.05) is 0 Å². The molecule has 2 rings (SSSR count). The van der Waals surface area contributed by atoms with Gasteiger partial charge in [0, 0.05) is 5.38 Å². The minimum absolute atomic E-state index is 0.154. The minimum atomic E-state index is -0.606. The molecule has 0 aliphatic heterocycles. The lowest BCUT2D eigenvalue weighted by molar-refractivity contribution is 0.0882. The normalized spacial score (nSPS) is 17.6. The van der Waals surface area contributed by atoms with Crippen LogP contribution in [0.1, 0.15) is 29.6 Å². The summed E-state index contributed by atoms with van der Waals surface area (Å²) in [7, 11) is 0. The van der Waals surface area contributed by atoms with E-state index in [0.717, 1.165) is 23.0 Å².